The van der Waals surface area contributed by atoms with Crippen LogP contribution in [0.1, 0.15) is 39.3 Å². The molecule has 1 fully saturated rings. The van der Waals surface area contributed by atoms with Crippen molar-refractivity contribution in [1.29, 1.82) is 0 Å². The molecule has 0 spiro atoms. The van der Waals surface area contributed by atoms with Gasteiger partial charge < -0.3 is 9.64 Å². The summed E-state index contributed by atoms with van der Waals surface area (Å²) in [5, 5.41) is 4.05. The normalized spacial score (nSPS) is 17.4. The first-order valence-corrected chi connectivity index (χ1v) is 8.47. The van der Waals surface area contributed by atoms with Crippen LogP contribution in [-0.4, -0.2) is 46.6 Å². The number of piperidine rings is 1. The molecule has 2 heterocycles. The van der Waals surface area contributed by atoms with Crippen molar-refractivity contribution in [3.63, 3.8) is 0 Å². The molecule has 1 aromatic carbocycles. The number of ketones is 1. The molecule has 1 aliphatic rings. The highest BCUT2D eigenvalue weighted by molar-refractivity contribution is 6.00. The van der Waals surface area contributed by atoms with E-state index in [2.05, 4.69) is 5.10 Å². The van der Waals surface area contributed by atoms with Gasteiger partial charge in [0.1, 0.15) is 11.4 Å². The predicted octanol–water partition coefficient (Wildman–Crippen LogP) is 2.47. The SMILES string of the molecule is COc1ccc(C(=O)[C@@H]2CCCN(C(=O)c3ccnn3C)C2)c(C)c1. The summed E-state index contributed by atoms with van der Waals surface area (Å²) in [5.41, 5.74) is 2.16. The quantitative estimate of drug-likeness (QED) is 0.802. The summed E-state index contributed by atoms with van der Waals surface area (Å²) >= 11 is 0. The molecule has 3 rings (SSSR count). The van der Waals surface area contributed by atoms with Crippen molar-refractivity contribution in [2.24, 2.45) is 13.0 Å². The maximum Gasteiger partial charge on any atom is 0.272 e. The molecule has 1 atom stereocenters. The zero-order valence-electron chi connectivity index (χ0n) is 14.9. The van der Waals surface area contributed by atoms with E-state index < -0.39 is 0 Å². The number of methoxy groups -OCH3 is 1. The van der Waals surface area contributed by atoms with E-state index in [4.69, 9.17) is 4.74 Å². The predicted molar refractivity (Wildman–Crippen MR) is 93.9 cm³/mol. The largest absolute Gasteiger partial charge is 0.497 e. The molecule has 6 heteroatoms. The van der Waals surface area contributed by atoms with Crippen molar-refractivity contribution in [2.75, 3.05) is 20.2 Å². The number of aromatic nitrogens is 2. The third kappa shape index (κ3) is 3.43. The van der Waals surface area contributed by atoms with Gasteiger partial charge >= 0.3 is 0 Å². The van der Waals surface area contributed by atoms with Crippen LogP contribution in [0.4, 0.5) is 0 Å². The molecule has 0 unspecified atom stereocenters. The van der Waals surface area contributed by atoms with Crippen LogP contribution in [0.5, 0.6) is 5.75 Å². The third-order valence-corrected chi connectivity index (χ3v) is 4.82. The van der Waals surface area contributed by atoms with Crippen LogP contribution in [-0.2, 0) is 7.05 Å². The van der Waals surface area contributed by atoms with Gasteiger partial charge in [-0.2, -0.15) is 5.10 Å². The summed E-state index contributed by atoms with van der Waals surface area (Å²) in [6.07, 6.45) is 3.25. The smallest absolute Gasteiger partial charge is 0.272 e. The Labute approximate surface area is 147 Å². The summed E-state index contributed by atoms with van der Waals surface area (Å²) in [5.74, 6) is 0.607. The number of hydrogen-bond donors (Lipinski definition) is 0. The van der Waals surface area contributed by atoms with Gasteiger partial charge in [-0.25, -0.2) is 0 Å². The average Bonchev–Trinajstić information content (AvgIpc) is 3.06. The lowest BCUT2D eigenvalue weighted by molar-refractivity contribution is 0.0628. The standard InChI is InChI=1S/C19H23N3O3/c1-13-11-15(25-3)6-7-16(13)18(23)14-5-4-10-22(12-14)19(24)17-8-9-20-21(17)2/h6-9,11,14H,4-5,10,12H2,1-3H3/t14-/m1/s1. The molecule has 0 bridgehead atoms. The zero-order valence-corrected chi connectivity index (χ0v) is 14.9. The van der Waals surface area contributed by atoms with E-state index in [0.717, 1.165) is 24.2 Å². The number of Topliss-reactive ketones (excluding diaryl/α,β-unsaturated/α-hetero) is 1. The lowest BCUT2D eigenvalue weighted by Crippen LogP contribution is -2.43. The molecule has 1 aromatic heterocycles. The van der Waals surface area contributed by atoms with E-state index in [1.807, 2.05) is 25.1 Å². The van der Waals surface area contributed by atoms with Gasteiger partial charge in [-0.1, -0.05) is 0 Å². The summed E-state index contributed by atoms with van der Waals surface area (Å²) in [7, 11) is 3.36. The van der Waals surface area contributed by atoms with E-state index in [0.29, 0.717) is 24.3 Å². The van der Waals surface area contributed by atoms with Crippen molar-refractivity contribution in [3.8, 4) is 5.75 Å². The summed E-state index contributed by atoms with van der Waals surface area (Å²) in [6, 6.07) is 7.20. The van der Waals surface area contributed by atoms with Gasteiger partial charge in [0.2, 0.25) is 0 Å². The Morgan fingerprint density at radius 2 is 2.08 bits per heavy atom. The Kier molecular flexibility index (Phi) is 4.88. The number of hydrogen-bond acceptors (Lipinski definition) is 4. The van der Waals surface area contributed by atoms with Gasteiger partial charge in [-0.15, -0.1) is 0 Å². The Morgan fingerprint density at radius 1 is 1.28 bits per heavy atom. The number of likely N-dealkylation sites (tertiary alicyclic amines) is 1. The number of amides is 1. The molecular formula is C19H23N3O3. The fourth-order valence-electron chi connectivity index (χ4n) is 3.38. The maximum absolute atomic E-state index is 12.9. The highest BCUT2D eigenvalue weighted by Crippen LogP contribution is 2.25. The second-order valence-corrected chi connectivity index (χ2v) is 6.48. The van der Waals surface area contributed by atoms with Crippen molar-refractivity contribution >= 4 is 11.7 Å². The average molecular weight is 341 g/mol. The first-order chi connectivity index (χ1) is 12.0. The van der Waals surface area contributed by atoms with E-state index >= 15 is 0 Å². The highest BCUT2D eigenvalue weighted by Gasteiger charge is 2.30. The zero-order chi connectivity index (χ0) is 18.0. The Morgan fingerprint density at radius 3 is 2.72 bits per heavy atom. The summed E-state index contributed by atoms with van der Waals surface area (Å²) in [4.78, 5) is 27.4. The van der Waals surface area contributed by atoms with Crippen LogP contribution in [0, 0.1) is 12.8 Å². The molecule has 0 saturated carbocycles. The fraction of sp³-hybridized carbons (Fsp3) is 0.421. The summed E-state index contributed by atoms with van der Waals surface area (Å²) in [6.45, 7) is 3.04. The second kappa shape index (κ2) is 7.09. The van der Waals surface area contributed by atoms with Gasteiger partial charge in [-0.05, 0) is 49.6 Å². The number of benzene rings is 1. The lowest BCUT2D eigenvalue weighted by atomic mass is 9.88. The number of aryl methyl sites for hydroxylation is 2. The second-order valence-electron chi connectivity index (χ2n) is 6.48. The van der Waals surface area contributed by atoms with Gasteiger partial charge in [0.15, 0.2) is 5.78 Å². The minimum absolute atomic E-state index is 0.0658. The van der Waals surface area contributed by atoms with Crippen molar-refractivity contribution < 1.29 is 14.3 Å². The Hall–Kier alpha value is -2.63. The van der Waals surface area contributed by atoms with Gasteiger partial charge in [0.05, 0.1) is 7.11 Å². The molecule has 132 valence electrons. The third-order valence-electron chi connectivity index (χ3n) is 4.82. The van der Waals surface area contributed by atoms with Gasteiger partial charge in [0, 0.05) is 37.8 Å². The highest BCUT2D eigenvalue weighted by atomic mass is 16.5. The van der Waals surface area contributed by atoms with E-state index in [1.165, 1.54) is 0 Å². The minimum Gasteiger partial charge on any atom is -0.497 e. The van der Waals surface area contributed by atoms with Crippen LogP contribution in [0.2, 0.25) is 0 Å². The number of carbonyl (C=O) groups is 2. The topological polar surface area (TPSA) is 64.4 Å². The molecule has 25 heavy (non-hydrogen) atoms. The van der Waals surface area contributed by atoms with E-state index in [1.54, 1.807) is 36.0 Å². The fourth-order valence-corrected chi connectivity index (χ4v) is 3.38. The van der Waals surface area contributed by atoms with E-state index in [9.17, 15) is 9.59 Å². The molecule has 1 amide bonds. The first kappa shape index (κ1) is 17.2. The van der Waals surface area contributed by atoms with Crippen LogP contribution in [0.25, 0.3) is 0 Å². The summed E-state index contributed by atoms with van der Waals surface area (Å²) < 4.78 is 6.77. The van der Waals surface area contributed by atoms with Crippen LogP contribution < -0.4 is 4.74 Å². The van der Waals surface area contributed by atoms with Crippen molar-refractivity contribution in [1.82, 2.24) is 14.7 Å². The molecule has 1 saturated heterocycles. The van der Waals surface area contributed by atoms with Crippen molar-refractivity contribution in [2.45, 2.75) is 19.8 Å². The Bertz CT molecular complexity index is 797. The molecule has 6 nitrogen and oxygen atoms in total. The number of rotatable bonds is 4. The molecule has 2 aromatic rings. The van der Waals surface area contributed by atoms with Crippen LogP contribution in [0.3, 0.4) is 0 Å². The van der Waals surface area contributed by atoms with E-state index in [-0.39, 0.29) is 17.6 Å². The molecular weight excluding hydrogens is 318 g/mol. The Balaban J connectivity index is 1.76. The lowest BCUT2D eigenvalue weighted by Gasteiger charge is -2.32. The molecule has 0 radical (unpaired) electrons. The molecule has 0 N–H and O–H groups in total. The van der Waals surface area contributed by atoms with Crippen LogP contribution in [0.15, 0.2) is 30.5 Å². The maximum atomic E-state index is 12.9. The molecule has 1 aliphatic heterocycles. The number of nitrogens with zero attached hydrogens (tertiary/aromatic N) is 3. The monoisotopic (exact) mass is 341 g/mol. The minimum atomic E-state index is -0.168. The first-order valence-electron chi connectivity index (χ1n) is 8.47. The van der Waals surface area contributed by atoms with Crippen LogP contribution >= 0.6 is 0 Å². The number of ether oxygens (including phenoxy) is 1. The molecule has 0 aliphatic carbocycles. The number of carbonyl (C=O) groups excluding carboxylic acids is 2. The van der Waals surface area contributed by atoms with Gasteiger partial charge in [0.25, 0.3) is 5.91 Å². The van der Waals surface area contributed by atoms with Crippen molar-refractivity contribution in [3.05, 3.63) is 47.3 Å². The van der Waals surface area contributed by atoms with Gasteiger partial charge in [-0.3, -0.25) is 14.3 Å².